The third kappa shape index (κ3) is 2.38. The maximum absolute atomic E-state index is 5.79. The number of aromatic amines is 1. The van der Waals surface area contributed by atoms with E-state index in [4.69, 9.17) is 4.74 Å². The summed E-state index contributed by atoms with van der Waals surface area (Å²) in [5.41, 5.74) is 1.49. The van der Waals surface area contributed by atoms with Crippen molar-refractivity contribution in [3.05, 3.63) is 18.0 Å². The summed E-state index contributed by atoms with van der Waals surface area (Å²) in [6.45, 7) is 8.34. The molecule has 3 unspecified atom stereocenters. The van der Waals surface area contributed by atoms with Crippen molar-refractivity contribution in [1.82, 2.24) is 15.5 Å². The normalized spacial score (nSPS) is 32.4. The van der Waals surface area contributed by atoms with Gasteiger partial charge in [0.15, 0.2) is 0 Å². The van der Waals surface area contributed by atoms with Crippen LogP contribution in [0.25, 0.3) is 0 Å². The van der Waals surface area contributed by atoms with Crippen molar-refractivity contribution >= 4 is 0 Å². The second kappa shape index (κ2) is 5.19. The van der Waals surface area contributed by atoms with Crippen LogP contribution in [0.5, 0.6) is 0 Å². The molecule has 1 aromatic rings. The van der Waals surface area contributed by atoms with E-state index in [1.165, 1.54) is 5.56 Å². The van der Waals surface area contributed by atoms with Gasteiger partial charge in [-0.1, -0.05) is 13.8 Å². The molecule has 0 amide bonds. The van der Waals surface area contributed by atoms with Crippen LogP contribution >= 0.6 is 0 Å². The van der Waals surface area contributed by atoms with Gasteiger partial charge in [-0.2, -0.15) is 5.10 Å². The molecule has 0 bridgehead atoms. The lowest BCUT2D eigenvalue weighted by molar-refractivity contribution is -0.126. The van der Waals surface area contributed by atoms with E-state index >= 15 is 0 Å². The smallest absolute Gasteiger partial charge is 0.0658 e. The minimum absolute atomic E-state index is 0.278. The van der Waals surface area contributed by atoms with E-state index in [0.717, 1.165) is 26.0 Å². The van der Waals surface area contributed by atoms with Gasteiger partial charge >= 0.3 is 0 Å². The highest BCUT2D eigenvalue weighted by molar-refractivity contribution is 5.08. The van der Waals surface area contributed by atoms with Crippen LogP contribution in [0, 0.1) is 5.41 Å². The highest BCUT2D eigenvalue weighted by atomic mass is 16.5. The zero-order valence-corrected chi connectivity index (χ0v) is 11.0. The Morgan fingerprint density at radius 2 is 2.41 bits per heavy atom. The number of nitrogens with zero attached hydrogens (tertiary/aromatic N) is 1. The second-order valence-corrected chi connectivity index (χ2v) is 5.08. The Balaban J connectivity index is 1.86. The molecular formula is C13H23N3O. The molecule has 1 aromatic heterocycles. The van der Waals surface area contributed by atoms with Gasteiger partial charge in [0.25, 0.3) is 0 Å². The van der Waals surface area contributed by atoms with Crippen LogP contribution in [0.2, 0.25) is 0 Å². The average Bonchev–Trinajstić information content (AvgIpc) is 2.84. The summed E-state index contributed by atoms with van der Waals surface area (Å²) in [6, 6.07) is 0.555. The van der Waals surface area contributed by atoms with E-state index in [2.05, 4.69) is 36.3 Å². The van der Waals surface area contributed by atoms with Crippen molar-refractivity contribution in [1.29, 1.82) is 0 Å². The molecule has 1 aliphatic carbocycles. The molecule has 0 saturated heterocycles. The number of nitrogens with one attached hydrogen (secondary N) is 2. The first-order valence-electron chi connectivity index (χ1n) is 6.53. The molecule has 1 fully saturated rings. The average molecular weight is 237 g/mol. The Kier molecular flexibility index (Phi) is 3.84. The molecule has 2 N–H and O–H groups in total. The molecule has 1 aliphatic rings. The topological polar surface area (TPSA) is 49.9 Å². The summed E-state index contributed by atoms with van der Waals surface area (Å²) in [7, 11) is 0. The summed E-state index contributed by atoms with van der Waals surface area (Å²) in [5.74, 6) is 0. The van der Waals surface area contributed by atoms with Gasteiger partial charge in [-0.05, 0) is 19.8 Å². The summed E-state index contributed by atoms with van der Waals surface area (Å²) in [4.78, 5) is 0. The quantitative estimate of drug-likeness (QED) is 0.796. The molecule has 0 aromatic carbocycles. The largest absolute Gasteiger partial charge is 0.378 e. The highest BCUT2D eigenvalue weighted by Gasteiger charge is 2.50. The first-order valence-corrected chi connectivity index (χ1v) is 6.53. The van der Waals surface area contributed by atoms with Crippen molar-refractivity contribution in [2.75, 3.05) is 6.61 Å². The molecule has 2 rings (SSSR count). The van der Waals surface area contributed by atoms with E-state index in [1.807, 2.05) is 12.4 Å². The van der Waals surface area contributed by atoms with Crippen LogP contribution in [-0.2, 0) is 11.3 Å². The van der Waals surface area contributed by atoms with Gasteiger partial charge in [0.05, 0.1) is 12.3 Å². The number of hydrogen-bond acceptors (Lipinski definition) is 3. The lowest BCUT2D eigenvalue weighted by Crippen LogP contribution is -2.61. The SMILES string of the molecule is CCOC1CC(NCc2cn[nH]c2)C1(C)CC. The van der Waals surface area contributed by atoms with Crippen LogP contribution in [0.4, 0.5) is 0 Å². The fourth-order valence-corrected chi connectivity index (χ4v) is 2.68. The van der Waals surface area contributed by atoms with E-state index in [0.29, 0.717) is 12.1 Å². The molecule has 4 nitrogen and oxygen atoms in total. The van der Waals surface area contributed by atoms with E-state index in [9.17, 15) is 0 Å². The molecule has 0 radical (unpaired) electrons. The minimum Gasteiger partial charge on any atom is -0.378 e. The fourth-order valence-electron chi connectivity index (χ4n) is 2.68. The lowest BCUT2D eigenvalue weighted by atomic mass is 9.61. The van der Waals surface area contributed by atoms with Crippen molar-refractivity contribution in [3.8, 4) is 0 Å². The summed E-state index contributed by atoms with van der Waals surface area (Å²) in [6.07, 6.45) is 6.50. The van der Waals surface area contributed by atoms with Crippen LogP contribution in [0.15, 0.2) is 12.4 Å². The molecule has 1 saturated carbocycles. The maximum atomic E-state index is 5.79. The van der Waals surface area contributed by atoms with Crippen molar-refractivity contribution in [2.24, 2.45) is 5.41 Å². The Morgan fingerprint density at radius 1 is 1.59 bits per heavy atom. The predicted molar refractivity (Wildman–Crippen MR) is 67.6 cm³/mol. The monoisotopic (exact) mass is 237 g/mol. The Labute approximate surface area is 103 Å². The molecular weight excluding hydrogens is 214 g/mol. The van der Waals surface area contributed by atoms with Crippen molar-refractivity contribution < 1.29 is 4.74 Å². The third-order valence-electron chi connectivity index (χ3n) is 4.22. The van der Waals surface area contributed by atoms with E-state index < -0.39 is 0 Å². The molecule has 1 heterocycles. The zero-order chi connectivity index (χ0) is 12.3. The van der Waals surface area contributed by atoms with Gasteiger partial charge in [0.2, 0.25) is 0 Å². The van der Waals surface area contributed by atoms with Gasteiger partial charge in [0.1, 0.15) is 0 Å². The number of H-pyrrole nitrogens is 1. The van der Waals surface area contributed by atoms with Crippen molar-refractivity contribution in [3.63, 3.8) is 0 Å². The van der Waals surface area contributed by atoms with Gasteiger partial charge in [-0.3, -0.25) is 5.10 Å². The Hall–Kier alpha value is -0.870. The molecule has 17 heavy (non-hydrogen) atoms. The van der Waals surface area contributed by atoms with Crippen LogP contribution in [0.3, 0.4) is 0 Å². The number of hydrogen-bond donors (Lipinski definition) is 2. The second-order valence-electron chi connectivity index (χ2n) is 5.08. The van der Waals surface area contributed by atoms with Gasteiger partial charge in [-0.15, -0.1) is 0 Å². The minimum atomic E-state index is 0.278. The molecule has 0 spiro atoms. The standard InChI is InChI=1S/C13H23N3O/c1-4-13(3)11(6-12(13)17-5-2)14-7-10-8-15-16-9-10/h8-9,11-12,14H,4-7H2,1-3H3,(H,15,16). The zero-order valence-electron chi connectivity index (χ0n) is 11.0. The lowest BCUT2D eigenvalue weighted by Gasteiger charge is -2.53. The van der Waals surface area contributed by atoms with Crippen LogP contribution in [-0.4, -0.2) is 29.0 Å². The number of aromatic nitrogens is 2. The summed E-state index contributed by atoms with van der Waals surface area (Å²) in [5, 5.41) is 10.4. The van der Waals surface area contributed by atoms with Gasteiger partial charge < -0.3 is 10.1 Å². The Bertz CT molecular complexity index is 338. The van der Waals surface area contributed by atoms with E-state index in [-0.39, 0.29) is 5.41 Å². The molecule has 0 aliphatic heterocycles. The Morgan fingerprint density at radius 3 is 3.00 bits per heavy atom. The first-order chi connectivity index (χ1) is 8.20. The first kappa shape index (κ1) is 12.6. The fraction of sp³-hybridized carbons (Fsp3) is 0.769. The van der Waals surface area contributed by atoms with Gasteiger partial charge in [0, 0.05) is 36.4 Å². The van der Waals surface area contributed by atoms with Gasteiger partial charge in [-0.25, -0.2) is 0 Å². The van der Waals surface area contributed by atoms with Crippen LogP contribution < -0.4 is 5.32 Å². The third-order valence-corrected chi connectivity index (χ3v) is 4.22. The molecule has 4 heteroatoms. The predicted octanol–water partition coefficient (Wildman–Crippen LogP) is 2.09. The molecule has 96 valence electrons. The summed E-state index contributed by atoms with van der Waals surface area (Å²) >= 11 is 0. The number of ether oxygens (including phenoxy) is 1. The molecule has 3 atom stereocenters. The maximum Gasteiger partial charge on any atom is 0.0658 e. The van der Waals surface area contributed by atoms with Crippen LogP contribution in [0.1, 0.15) is 39.2 Å². The van der Waals surface area contributed by atoms with E-state index in [1.54, 1.807) is 0 Å². The summed E-state index contributed by atoms with van der Waals surface area (Å²) < 4.78 is 5.79. The van der Waals surface area contributed by atoms with Crippen molar-refractivity contribution in [2.45, 2.75) is 52.3 Å². The number of rotatable bonds is 6. The highest BCUT2D eigenvalue weighted by Crippen LogP contribution is 2.45.